The van der Waals surface area contributed by atoms with E-state index in [1.165, 1.54) is 19.3 Å². The van der Waals surface area contributed by atoms with Gasteiger partial charge in [0.25, 0.3) is 0 Å². The molecule has 3 heteroatoms. The Morgan fingerprint density at radius 1 is 1.41 bits per heavy atom. The lowest BCUT2D eigenvalue weighted by Gasteiger charge is -2.41. The van der Waals surface area contributed by atoms with Crippen LogP contribution in [-0.2, 0) is 4.74 Å². The molecule has 2 aliphatic heterocycles. The first-order chi connectivity index (χ1) is 8.21. The van der Waals surface area contributed by atoms with Crippen LogP contribution in [0.5, 0.6) is 0 Å². The van der Waals surface area contributed by atoms with E-state index >= 15 is 0 Å². The Morgan fingerprint density at radius 3 is 2.82 bits per heavy atom. The first-order valence-corrected chi connectivity index (χ1v) is 7.15. The molecule has 0 bridgehead atoms. The van der Waals surface area contributed by atoms with Crippen LogP contribution in [0.2, 0.25) is 0 Å². The second-order valence-electron chi connectivity index (χ2n) is 5.98. The predicted octanol–water partition coefficient (Wildman–Crippen LogP) is 2.04. The largest absolute Gasteiger partial charge is 0.396 e. The summed E-state index contributed by atoms with van der Waals surface area (Å²) >= 11 is 0. The van der Waals surface area contributed by atoms with Gasteiger partial charge in [0, 0.05) is 30.7 Å². The van der Waals surface area contributed by atoms with Gasteiger partial charge < -0.3 is 9.84 Å². The summed E-state index contributed by atoms with van der Waals surface area (Å²) in [6, 6.07) is 1.39. The van der Waals surface area contributed by atoms with E-state index in [-0.39, 0.29) is 12.0 Å². The van der Waals surface area contributed by atoms with Gasteiger partial charge in [-0.05, 0) is 39.0 Å². The van der Waals surface area contributed by atoms with Crippen LogP contribution in [0.25, 0.3) is 0 Å². The van der Waals surface area contributed by atoms with Gasteiger partial charge in [-0.3, -0.25) is 4.90 Å². The molecular formula is C14H27NO2. The summed E-state index contributed by atoms with van der Waals surface area (Å²) in [4.78, 5) is 2.62. The Morgan fingerprint density at radius 2 is 2.24 bits per heavy atom. The molecule has 0 aromatic rings. The molecule has 100 valence electrons. The van der Waals surface area contributed by atoms with Crippen LogP contribution in [0.3, 0.4) is 0 Å². The van der Waals surface area contributed by atoms with Crippen LogP contribution in [-0.4, -0.2) is 48.5 Å². The van der Waals surface area contributed by atoms with Crippen molar-refractivity contribution in [1.82, 2.24) is 4.90 Å². The number of hydrogen-bond donors (Lipinski definition) is 1. The van der Waals surface area contributed by atoms with Gasteiger partial charge in [-0.15, -0.1) is 0 Å². The van der Waals surface area contributed by atoms with E-state index in [2.05, 4.69) is 18.7 Å². The van der Waals surface area contributed by atoms with E-state index in [0.29, 0.717) is 6.04 Å². The van der Waals surface area contributed by atoms with Crippen LogP contribution in [0.1, 0.15) is 46.0 Å². The minimum atomic E-state index is 0.00424. The van der Waals surface area contributed by atoms with Gasteiger partial charge in [0.1, 0.15) is 0 Å². The highest BCUT2D eigenvalue weighted by atomic mass is 16.5. The normalized spacial score (nSPS) is 39.7. The molecule has 3 atom stereocenters. The highest BCUT2D eigenvalue weighted by molar-refractivity contribution is 4.92. The number of hydrogen-bond acceptors (Lipinski definition) is 3. The Kier molecular flexibility index (Phi) is 4.45. The van der Waals surface area contributed by atoms with Crippen molar-refractivity contribution in [3.8, 4) is 0 Å². The van der Waals surface area contributed by atoms with E-state index in [4.69, 9.17) is 4.74 Å². The van der Waals surface area contributed by atoms with Crippen molar-refractivity contribution in [2.45, 2.75) is 58.0 Å². The molecule has 0 aromatic heterocycles. The molecule has 2 saturated heterocycles. The van der Waals surface area contributed by atoms with E-state index in [9.17, 15) is 5.11 Å². The Labute approximate surface area is 105 Å². The van der Waals surface area contributed by atoms with Crippen LogP contribution < -0.4 is 0 Å². The molecular weight excluding hydrogens is 214 g/mol. The second kappa shape index (κ2) is 5.68. The number of likely N-dealkylation sites (tertiary alicyclic amines) is 1. The van der Waals surface area contributed by atoms with Gasteiger partial charge >= 0.3 is 0 Å². The summed E-state index contributed by atoms with van der Waals surface area (Å²) in [6.07, 6.45) is 6.07. The van der Waals surface area contributed by atoms with E-state index in [1.807, 2.05) is 0 Å². The lowest BCUT2D eigenvalue weighted by atomic mass is 9.82. The average Bonchev–Trinajstić information content (AvgIpc) is 2.72. The summed E-state index contributed by atoms with van der Waals surface area (Å²) in [5.74, 6) is 0. The molecule has 2 fully saturated rings. The lowest BCUT2D eigenvalue weighted by molar-refractivity contribution is -0.0615. The molecule has 1 N–H and O–H groups in total. The fraction of sp³-hybridized carbons (Fsp3) is 1.00. The van der Waals surface area contributed by atoms with Crippen molar-refractivity contribution in [3.63, 3.8) is 0 Å². The predicted molar refractivity (Wildman–Crippen MR) is 69.1 cm³/mol. The van der Waals surface area contributed by atoms with E-state index in [1.54, 1.807) is 0 Å². The number of rotatable bonds is 4. The summed E-state index contributed by atoms with van der Waals surface area (Å²) in [5.41, 5.74) is 0.00424. The molecule has 0 aromatic carbocycles. The summed E-state index contributed by atoms with van der Waals surface area (Å²) in [6.45, 7) is 7.50. The molecule has 3 unspecified atom stereocenters. The van der Waals surface area contributed by atoms with Crippen molar-refractivity contribution in [3.05, 3.63) is 0 Å². The number of aliphatic hydroxyl groups excluding tert-OH is 1. The third-order valence-corrected chi connectivity index (χ3v) is 4.68. The van der Waals surface area contributed by atoms with Crippen molar-refractivity contribution in [2.24, 2.45) is 5.41 Å². The lowest BCUT2D eigenvalue weighted by Crippen LogP contribution is -2.48. The fourth-order valence-corrected chi connectivity index (χ4v) is 3.45. The second-order valence-corrected chi connectivity index (χ2v) is 5.98. The Bertz CT molecular complexity index is 238. The summed E-state index contributed by atoms with van der Waals surface area (Å²) in [5, 5.41) is 9.74. The van der Waals surface area contributed by atoms with Crippen molar-refractivity contribution >= 4 is 0 Å². The highest BCUT2D eigenvalue weighted by Gasteiger charge is 2.39. The third kappa shape index (κ3) is 2.83. The SMILES string of the molecule is CCC1CCC(C)N1CC1(CO)CCCOC1. The van der Waals surface area contributed by atoms with Crippen molar-refractivity contribution in [2.75, 3.05) is 26.4 Å². The molecule has 0 saturated carbocycles. The molecule has 17 heavy (non-hydrogen) atoms. The van der Waals surface area contributed by atoms with E-state index in [0.717, 1.165) is 38.6 Å². The van der Waals surface area contributed by atoms with Crippen LogP contribution in [0, 0.1) is 5.41 Å². The maximum Gasteiger partial charge on any atom is 0.0556 e. The Balaban J connectivity index is 2.01. The van der Waals surface area contributed by atoms with Gasteiger partial charge in [-0.1, -0.05) is 6.92 Å². The molecule has 0 spiro atoms. The number of aliphatic hydroxyl groups is 1. The maximum atomic E-state index is 9.74. The molecule has 0 aliphatic carbocycles. The fourth-order valence-electron chi connectivity index (χ4n) is 3.45. The monoisotopic (exact) mass is 241 g/mol. The molecule has 2 heterocycles. The topological polar surface area (TPSA) is 32.7 Å². The van der Waals surface area contributed by atoms with E-state index < -0.39 is 0 Å². The minimum Gasteiger partial charge on any atom is -0.396 e. The zero-order valence-electron chi connectivity index (χ0n) is 11.3. The smallest absolute Gasteiger partial charge is 0.0556 e. The van der Waals surface area contributed by atoms with Crippen molar-refractivity contribution < 1.29 is 9.84 Å². The third-order valence-electron chi connectivity index (χ3n) is 4.68. The first-order valence-electron chi connectivity index (χ1n) is 7.15. The quantitative estimate of drug-likeness (QED) is 0.817. The zero-order valence-corrected chi connectivity index (χ0v) is 11.3. The van der Waals surface area contributed by atoms with Gasteiger partial charge in [0.15, 0.2) is 0 Å². The van der Waals surface area contributed by atoms with Gasteiger partial charge in [0.05, 0.1) is 13.2 Å². The zero-order chi connectivity index (χ0) is 12.3. The van der Waals surface area contributed by atoms with Crippen molar-refractivity contribution in [1.29, 1.82) is 0 Å². The van der Waals surface area contributed by atoms with Gasteiger partial charge in [-0.25, -0.2) is 0 Å². The molecule has 0 radical (unpaired) electrons. The van der Waals surface area contributed by atoms with Gasteiger partial charge in [0.2, 0.25) is 0 Å². The average molecular weight is 241 g/mol. The number of nitrogens with zero attached hydrogens (tertiary/aromatic N) is 1. The summed E-state index contributed by atoms with van der Waals surface area (Å²) in [7, 11) is 0. The highest BCUT2D eigenvalue weighted by Crippen LogP contribution is 2.34. The molecule has 0 amide bonds. The summed E-state index contributed by atoms with van der Waals surface area (Å²) < 4.78 is 5.60. The molecule has 3 nitrogen and oxygen atoms in total. The molecule has 2 aliphatic rings. The standard InChI is InChI=1S/C14H27NO2/c1-3-13-6-5-12(2)15(13)9-14(10-16)7-4-8-17-11-14/h12-13,16H,3-11H2,1-2H3. The first kappa shape index (κ1) is 13.3. The maximum absolute atomic E-state index is 9.74. The Hall–Kier alpha value is -0.120. The van der Waals surface area contributed by atoms with Crippen LogP contribution >= 0.6 is 0 Å². The minimum absolute atomic E-state index is 0.00424. The number of ether oxygens (including phenoxy) is 1. The molecule has 2 rings (SSSR count). The van der Waals surface area contributed by atoms with Gasteiger partial charge in [-0.2, -0.15) is 0 Å². The van der Waals surface area contributed by atoms with Crippen LogP contribution in [0.15, 0.2) is 0 Å². The van der Waals surface area contributed by atoms with Crippen LogP contribution in [0.4, 0.5) is 0 Å².